The molecule has 0 unspecified atom stereocenters. The number of oxazole rings is 1. The number of nitrogens with zero attached hydrogens (tertiary/aromatic N) is 2. The minimum absolute atomic E-state index is 0.511. The van der Waals surface area contributed by atoms with Crippen molar-refractivity contribution in [3.8, 4) is 0 Å². The van der Waals surface area contributed by atoms with E-state index in [1.54, 1.807) is 0 Å². The minimum Gasteiger partial charge on any atom is -0.443 e. The maximum absolute atomic E-state index is 5.21. The number of rotatable bonds is 0. The molecule has 0 spiro atoms. The van der Waals surface area contributed by atoms with E-state index in [0.29, 0.717) is 14.5 Å². The molecule has 106 valence electrons. The van der Waals surface area contributed by atoms with Crippen molar-refractivity contribution in [3.05, 3.63) is 72.1 Å². The molecule has 5 rings (SSSR count). The molecule has 0 fully saturated rings. The second-order valence-electron chi connectivity index (χ2n) is 4.81. The number of hydrogen-bond acceptors (Lipinski definition) is 3. The Kier molecular flexibility index (Phi) is 3.47. The van der Waals surface area contributed by atoms with Crippen LogP contribution in [0.4, 0.5) is 0 Å². The van der Waals surface area contributed by atoms with E-state index in [0.717, 1.165) is 22.0 Å². The van der Waals surface area contributed by atoms with E-state index in [-0.39, 0.29) is 0 Å². The summed E-state index contributed by atoms with van der Waals surface area (Å²) >= 11 is 0.511. The molecule has 0 amide bonds. The molecule has 0 radical (unpaired) electrons. The van der Waals surface area contributed by atoms with Crippen LogP contribution >= 0.6 is 0 Å². The number of aromatic nitrogens is 2. The summed E-state index contributed by atoms with van der Waals surface area (Å²) in [6.45, 7) is 0. The number of benzene rings is 3. The summed E-state index contributed by atoms with van der Waals surface area (Å²) in [6, 6.07) is 20.4. The first-order chi connectivity index (χ1) is 10.9. The molecule has 0 saturated heterocycles. The van der Waals surface area contributed by atoms with Crippen LogP contribution < -0.4 is 0 Å². The van der Waals surface area contributed by atoms with Gasteiger partial charge >= 0.3 is 58.6 Å². The van der Waals surface area contributed by atoms with Crippen LogP contribution in [0.2, 0.25) is 0 Å². The quantitative estimate of drug-likeness (QED) is 0.391. The SMILES string of the molecule is c1ccc2[se]cnc2c1.c1ccc2c(c1)ccc1ocnc12. The Morgan fingerprint density at radius 3 is 2.64 bits per heavy atom. The van der Waals surface area contributed by atoms with Gasteiger partial charge in [0.25, 0.3) is 0 Å². The maximum Gasteiger partial charge on any atom is 0.182 e. The fraction of sp³-hybridized carbons (Fsp3) is 0. The molecule has 3 nitrogen and oxygen atoms in total. The summed E-state index contributed by atoms with van der Waals surface area (Å²) < 4.78 is 6.62. The molecule has 0 bridgehead atoms. The predicted octanol–water partition coefficient (Wildman–Crippen LogP) is 4.27. The van der Waals surface area contributed by atoms with Crippen LogP contribution in [0.25, 0.3) is 31.6 Å². The number of fused-ring (bicyclic) bond motifs is 4. The standard InChI is InChI=1S/C11H7NO.C7H5NSe/c1-2-4-9-8(3-1)5-6-10-11(9)12-7-13-10;1-2-4-7-6(3-1)8-5-9-7/h1-7H;1-5H. The largest absolute Gasteiger partial charge is 0.443 e. The topological polar surface area (TPSA) is 38.9 Å². The van der Waals surface area contributed by atoms with Gasteiger partial charge in [-0.15, -0.1) is 0 Å². The third-order valence-electron chi connectivity index (χ3n) is 3.46. The van der Waals surface area contributed by atoms with Gasteiger partial charge in [-0.25, -0.2) is 4.98 Å². The van der Waals surface area contributed by atoms with Gasteiger partial charge in [-0.3, -0.25) is 0 Å². The zero-order chi connectivity index (χ0) is 14.8. The van der Waals surface area contributed by atoms with Crippen LogP contribution in [-0.4, -0.2) is 24.5 Å². The molecule has 0 N–H and O–H groups in total. The Bertz CT molecular complexity index is 1020. The van der Waals surface area contributed by atoms with Gasteiger partial charge in [0.05, 0.1) is 0 Å². The minimum atomic E-state index is 0.511. The van der Waals surface area contributed by atoms with Gasteiger partial charge in [0.1, 0.15) is 5.52 Å². The number of para-hydroxylation sites is 1. The fourth-order valence-corrected chi connectivity index (χ4v) is 3.83. The van der Waals surface area contributed by atoms with Gasteiger partial charge in [-0.2, -0.15) is 0 Å². The van der Waals surface area contributed by atoms with Crippen molar-refractivity contribution in [1.29, 1.82) is 0 Å². The van der Waals surface area contributed by atoms with Crippen molar-refractivity contribution in [1.82, 2.24) is 9.97 Å². The summed E-state index contributed by atoms with van der Waals surface area (Å²) in [6.07, 6.45) is 1.48. The zero-order valence-corrected chi connectivity index (χ0v) is 13.4. The molecular weight excluding hydrogens is 339 g/mol. The fourth-order valence-electron chi connectivity index (χ4n) is 2.40. The Labute approximate surface area is 133 Å². The summed E-state index contributed by atoms with van der Waals surface area (Å²) in [5.74, 6) is 0. The molecule has 0 atom stereocenters. The smallest absolute Gasteiger partial charge is 0.182 e. The molecule has 4 heteroatoms. The van der Waals surface area contributed by atoms with Crippen LogP contribution in [0.5, 0.6) is 0 Å². The maximum atomic E-state index is 5.21. The second kappa shape index (κ2) is 5.76. The molecule has 3 aromatic carbocycles. The van der Waals surface area contributed by atoms with Crippen LogP contribution in [0.3, 0.4) is 0 Å². The first-order valence-electron chi connectivity index (χ1n) is 6.91. The first kappa shape index (κ1) is 13.3. The van der Waals surface area contributed by atoms with Crippen molar-refractivity contribution >= 4 is 46.2 Å². The van der Waals surface area contributed by atoms with E-state index in [9.17, 15) is 0 Å². The molecule has 2 aromatic heterocycles. The summed E-state index contributed by atoms with van der Waals surface area (Å²) in [5, 5.41) is 4.36. The van der Waals surface area contributed by atoms with E-state index in [1.165, 1.54) is 16.0 Å². The Morgan fingerprint density at radius 2 is 1.68 bits per heavy atom. The Balaban J connectivity index is 0.000000122. The second-order valence-corrected chi connectivity index (χ2v) is 6.67. The third kappa shape index (κ3) is 2.43. The third-order valence-corrected chi connectivity index (χ3v) is 5.16. The molecule has 0 saturated carbocycles. The average Bonchev–Trinajstić information content (AvgIpc) is 3.24. The summed E-state index contributed by atoms with van der Waals surface area (Å²) in [7, 11) is 0. The van der Waals surface area contributed by atoms with Crippen molar-refractivity contribution in [2.45, 2.75) is 0 Å². The predicted molar refractivity (Wildman–Crippen MR) is 90.2 cm³/mol. The molecule has 0 aliphatic carbocycles. The van der Waals surface area contributed by atoms with Crippen LogP contribution in [0.1, 0.15) is 0 Å². The molecule has 0 aliphatic rings. The molecule has 5 aromatic rings. The van der Waals surface area contributed by atoms with Crippen molar-refractivity contribution in [2.24, 2.45) is 0 Å². The van der Waals surface area contributed by atoms with Gasteiger partial charge in [0.2, 0.25) is 0 Å². The van der Waals surface area contributed by atoms with Crippen LogP contribution in [0, 0.1) is 0 Å². The molecular formula is C18H12N2OSe. The first-order valence-corrected chi connectivity index (χ1v) is 8.75. The zero-order valence-electron chi connectivity index (χ0n) is 11.6. The Hall–Kier alpha value is -2.42. The van der Waals surface area contributed by atoms with Gasteiger partial charge in [-0.05, 0) is 11.5 Å². The van der Waals surface area contributed by atoms with E-state index in [1.807, 2.05) is 35.4 Å². The van der Waals surface area contributed by atoms with E-state index >= 15 is 0 Å². The van der Waals surface area contributed by atoms with Gasteiger partial charge in [0, 0.05) is 5.39 Å². The van der Waals surface area contributed by atoms with E-state index in [2.05, 4.69) is 40.3 Å². The molecule has 2 heterocycles. The summed E-state index contributed by atoms with van der Waals surface area (Å²) in [5.41, 5.74) is 2.95. The van der Waals surface area contributed by atoms with Gasteiger partial charge < -0.3 is 4.42 Å². The van der Waals surface area contributed by atoms with Crippen molar-refractivity contribution in [2.75, 3.05) is 0 Å². The van der Waals surface area contributed by atoms with E-state index < -0.39 is 0 Å². The summed E-state index contributed by atoms with van der Waals surface area (Å²) in [4.78, 5) is 8.38. The van der Waals surface area contributed by atoms with Crippen molar-refractivity contribution < 1.29 is 4.42 Å². The van der Waals surface area contributed by atoms with Crippen LogP contribution in [-0.2, 0) is 0 Å². The normalized spacial score (nSPS) is 10.7. The number of hydrogen-bond donors (Lipinski definition) is 0. The van der Waals surface area contributed by atoms with Crippen LogP contribution in [0.15, 0.2) is 76.5 Å². The van der Waals surface area contributed by atoms with Gasteiger partial charge in [-0.1, -0.05) is 30.3 Å². The van der Waals surface area contributed by atoms with E-state index in [4.69, 9.17) is 4.42 Å². The van der Waals surface area contributed by atoms with Crippen molar-refractivity contribution in [3.63, 3.8) is 0 Å². The monoisotopic (exact) mass is 352 g/mol. The van der Waals surface area contributed by atoms with Gasteiger partial charge in [0.15, 0.2) is 12.0 Å². The molecule has 22 heavy (non-hydrogen) atoms. The average molecular weight is 351 g/mol. The molecule has 0 aliphatic heterocycles. The Morgan fingerprint density at radius 1 is 0.818 bits per heavy atom.